The molecule has 0 bridgehead atoms. The van der Waals surface area contributed by atoms with E-state index in [0.29, 0.717) is 12.1 Å². The highest BCUT2D eigenvalue weighted by atomic mass is 32.1. The number of hydrogen-bond acceptors (Lipinski definition) is 4. The van der Waals surface area contributed by atoms with Gasteiger partial charge < -0.3 is 10.1 Å². The van der Waals surface area contributed by atoms with Gasteiger partial charge >= 0.3 is 0 Å². The van der Waals surface area contributed by atoms with Gasteiger partial charge in [0, 0.05) is 24.6 Å². The van der Waals surface area contributed by atoms with Gasteiger partial charge in [-0.05, 0) is 34.1 Å². The van der Waals surface area contributed by atoms with E-state index in [4.69, 9.17) is 4.74 Å². The number of rotatable bonds is 6. The molecular weight excluding hydrogens is 220 g/mol. The lowest BCUT2D eigenvalue weighted by atomic mass is 9.99. The number of ether oxygens (including phenoxy) is 1. The number of methoxy groups -OCH3 is 1. The van der Waals surface area contributed by atoms with Gasteiger partial charge in [-0.2, -0.15) is 0 Å². The van der Waals surface area contributed by atoms with Crippen molar-refractivity contribution in [3.8, 4) is 0 Å². The summed E-state index contributed by atoms with van der Waals surface area (Å²) in [5.74, 6) is 0. The summed E-state index contributed by atoms with van der Waals surface area (Å²) >= 11 is 1.64. The van der Waals surface area contributed by atoms with E-state index in [1.807, 2.05) is 5.51 Å². The first kappa shape index (κ1) is 13.6. The van der Waals surface area contributed by atoms with E-state index >= 15 is 0 Å². The molecule has 4 heteroatoms. The lowest BCUT2D eigenvalue weighted by molar-refractivity contribution is 0.00779. The van der Waals surface area contributed by atoms with E-state index in [2.05, 4.69) is 43.4 Å². The Morgan fingerprint density at radius 2 is 2.19 bits per heavy atom. The van der Waals surface area contributed by atoms with Crippen LogP contribution in [0, 0.1) is 0 Å². The molecular formula is C12H22N2OS. The van der Waals surface area contributed by atoms with Gasteiger partial charge in [-0.25, -0.2) is 4.98 Å². The summed E-state index contributed by atoms with van der Waals surface area (Å²) in [6.07, 6.45) is 0.984. The zero-order valence-electron chi connectivity index (χ0n) is 10.8. The zero-order valence-corrected chi connectivity index (χ0v) is 11.6. The fourth-order valence-corrected chi connectivity index (χ4v) is 2.48. The summed E-state index contributed by atoms with van der Waals surface area (Å²) in [5.41, 5.74) is 2.91. The van der Waals surface area contributed by atoms with Gasteiger partial charge in [0.15, 0.2) is 0 Å². The summed E-state index contributed by atoms with van der Waals surface area (Å²) in [7, 11) is 1.76. The van der Waals surface area contributed by atoms with E-state index in [1.165, 1.54) is 0 Å². The minimum Gasteiger partial charge on any atom is -0.379 e. The van der Waals surface area contributed by atoms with Gasteiger partial charge in [0.25, 0.3) is 0 Å². The van der Waals surface area contributed by atoms with Crippen molar-refractivity contribution in [2.45, 2.75) is 51.8 Å². The molecule has 1 heterocycles. The molecule has 1 aromatic heterocycles. The van der Waals surface area contributed by atoms with Crippen LogP contribution in [0.5, 0.6) is 0 Å². The van der Waals surface area contributed by atoms with Crippen LogP contribution >= 0.6 is 11.3 Å². The maximum Gasteiger partial charge on any atom is 0.0795 e. The molecule has 92 valence electrons. The van der Waals surface area contributed by atoms with E-state index in [0.717, 1.165) is 12.1 Å². The van der Waals surface area contributed by atoms with Crippen molar-refractivity contribution in [3.05, 3.63) is 16.6 Å². The molecule has 0 aliphatic heterocycles. The van der Waals surface area contributed by atoms with Crippen molar-refractivity contribution < 1.29 is 4.74 Å². The molecule has 0 amide bonds. The fourth-order valence-electron chi connectivity index (χ4n) is 1.83. The Morgan fingerprint density at radius 3 is 2.69 bits per heavy atom. The van der Waals surface area contributed by atoms with E-state index in [-0.39, 0.29) is 5.60 Å². The van der Waals surface area contributed by atoms with Crippen LogP contribution in [-0.2, 0) is 4.74 Å². The molecule has 1 aromatic rings. The van der Waals surface area contributed by atoms with E-state index in [9.17, 15) is 0 Å². The molecule has 0 spiro atoms. The monoisotopic (exact) mass is 242 g/mol. The Bertz CT molecular complexity index is 298. The molecule has 0 radical (unpaired) electrons. The fraction of sp³-hybridized carbons (Fsp3) is 0.750. The minimum absolute atomic E-state index is 0.0752. The van der Waals surface area contributed by atoms with Crippen LogP contribution in [-0.4, -0.2) is 23.7 Å². The molecule has 2 atom stereocenters. The molecule has 0 aliphatic rings. The lowest BCUT2D eigenvalue weighted by Gasteiger charge is -2.28. The Balaban J connectivity index is 2.43. The van der Waals surface area contributed by atoms with E-state index in [1.54, 1.807) is 18.4 Å². The average Bonchev–Trinajstić information content (AvgIpc) is 2.69. The standard InChI is InChI=1S/C12H22N2OS/c1-9(6-12(3,4)15-5)14-10(2)11-7-16-8-13-11/h7-10,14H,6H2,1-5H3. The van der Waals surface area contributed by atoms with Crippen LogP contribution in [0.3, 0.4) is 0 Å². The number of nitrogens with one attached hydrogen (secondary N) is 1. The normalized spacial score (nSPS) is 16.1. The van der Waals surface area contributed by atoms with Gasteiger partial charge in [-0.3, -0.25) is 0 Å². The summed E-state index contributed by atoms with van der Waals surface area (Å²) in [6.45, 7) is 8.55. The molecule has 1 rings (SSSR count). The second-order valence-corrected chi connectivity index (χ2v) is 5.59. The van der Waals surface area contributed by atoms with Gasteiger partial charge in [0.2, 0.25) is 0 Å². The predicted octanol–water partition coefficient (Wildman–Crippen LogP) is 3.00. The molecule has 0 aromatic carbocycles. The molecule has 1 N–H and O–H groups in total. The van der Waals surface area contributed by atoms with Crippen molar-refractivity contribution in [2.75, 3.05) is 7.11 Å². The summed E-state index contributed by atoms with van der Waals surface area (Å²) in [4.78, 5) is 4.31. The lowest BCUT2D eigenvalue weighted by Crippen LogP contribution is -2.37. The summed E-state index contributed by atoms with van der Waals surface area (Å²) < 4.78 is 5.43. The first-order chi connectivity index (χ1) is 7.44. The molecule has 2 unspecified atom stereocenters. The van der Waals surface area contributed by atoms with Crippen molar-refractivity contribution >= 4 is 11.3 Å². The van der Waals surface area contributed by atoms with Crippen LogP contribution in [0.1, 0.15) is 45.9 Å². The minimum atomic E-state index is -0.0752. The largest absolute Gasteiger partial charge is 0.379 e. The predicted molar refractivity (Wildman–Crippen MR) is 68.8 cm³/mol. The van der Waals surface area contributed by atoms with Crippen LogP contribution in [0.25, 0.3) is 0 Å². The highest BCUT2D eigenvalue weighted by Crippen LogP contribution is 2.18. The molecule has 0 saturated carbocycles. The van der Waals surface area contributed by atoms with Gasteiger partial charge in [-0.15, -0.1) is 11.3 Å². The number of hydrogen-bond donors (Lipinski definition) is 1. The highest BCUT2D eigenvalue weighted by molar-refractivity contribution is 7.07. The van der Waals surface area contributed by atoms with Crippen molar-refractivity contribution in [1.82, 2.24) is 10.3 Å². The van der Waals surface area contributed by atoms with Crippen molar-refractivity contribution in [3.63, 3.8) is 0 Å². The number of nitrogens with zero attached hydrogens (tertiary/aromatic N) is 1. The third kappa shape index (κ3) is 4.20. The Hall–Kier alpha value is -0.450. The molecule has 3 nitrogen and oxygen atoms in total. The molecule has 0 saturated heterocycles. The van der Waals surface area contributed by atoms with Gasteiger partial charge in [-0.1, -0.05) is 0 Å². The maximum atomic E-state index is 5.43. The number of thiazole rings is 1. The highest BCUT2D eigenvalue weighted by Gasteiger charge is 2.21. The third-order valence-electron chi connectivity index (χ3n) is 2.78. The van der Waals surface area contributed by atoms with Gasteiger partial charge in [0.05, 0.1) is 16.8 Å². The molecule has 0 aliphatic carbocycles. The van der Waals surface area contributed by atoms with E-state index < -0.39 is 0 Å². The van der Waals surface area contributed by atoms with Gasteiger partial charge in [0.1, 0.15) is 0 Å². The second-order valence-electron chi connectivity index (χ2n) is 4.87. The van der Waals surface area contributed by atoms with Crippen molar-refractivity contribution in [2.24, 2.45) is 0 Å². The van der Waals surface area contributed by atoms with Crippen LogP contribution < -0.4 is 5.32 Å². The summed E-state index contributed by atoms with van der Waals surface area (Å²) in [6, 6.07) is 0.709. The second kappa shape index (κ2) is 5.75. The van der Waals surface area contributed by atoms with Crippen LogP contribution in [0.15, 0.2) is 10.9 Å². The Kier molecular flexibility index (Phi) is 4.89. The Morgan fingerprint density at radius 1 is 1.50 bits per heavy atom. The average molecular weight is 242 g/mol. The Labute approximate surface area is 102 Å². The molecule has 0 fully saturated rings. The summed E-state index contributed by atoms with van der Waals surface area (Å²) in [5, 5.41) is 5.63. The first-order valence-corrected chi connectivity index (χ1v) is 6.58. The smallest absolute Gasteiger partial charge is 0.0795 e. The topological polar surface area (TPSA) is 34.1 Å². The maximum absolute atomic E-state index is 5.43. The third-order valence-corrected chi connectivity index (χ3v) is 3.38. The SMILES string of the molecule is COC(C)(C)CC(C)NC(C)c1cscn1. The quantitative estimate of drug-likeness (QED) is 0.832. The zero-order chi connectivity index (χ0) is 12.2. The van der Waals surface area contributed by atoms with Crippen LogP contribution in [0.4, 0.5) is 0 Å². The molecule has 16 heavy (non-hydrogen) atoms. The van der Waals surface area contributed by atoms with Crippen LogP contribution in [0.2, 0.25) is 0 Å². The van der Waals surface area contributed by atoms with Crippen molar-refractivity contribution in [1.29, 1.82) is 0 Å². The number of aromatic nitrogens is 1. The first-order valence-electron chi connectivity index (χ1n) is 5.64.